The molecule has 0 aromatic carbocycles. The number of aromatic nitrogens is 2. The summed E-state index contributed by atoms with van der Waals surface area (Å²) >= 11 is 3.36. The van der Waals surface area contributed by atoms with Gasteiger partial charge in [0.2, 0.25) is 0 Å². The van der Waals surface area contributed by atoms with Gasteiger partial charge in [0.15, 0.2) is 9.84 Å². The molecule has 1 N–H and O–H groups in total. The molecular formula is C12H18BrN3O2S. The lowest BCUT2D eigenvalue weighted by molar-refractivity contribution is 0.561. The number of halogens is 1. The van der Waals surface area contributed by atoms with Gasteiger partial charge in [0.25, 0.3) is 0 Å². The van der Waals surface area contributed by atoms with Crippen LogP contribution >= 0.6 is 15.9 Å². The number of nitrogens with zero attached hydrogens (tertiary/aromatic N) is 2. The van der Waals surface area contributed by atoms with Crippen LogP contribution in [0.15, 0.2) is 10.7 Å². The molecule has 1 unspecified atom stereocenters. The zero-order valence-electron chi connectivity index (χ0n) is 10.9. The standard InChI is InChI=1S/C12H18BrN3O2S/c1-2-4-11-15-10(13)7-12(16-11)14-9-5-3-6-19(17,18)8-9/h7,9H,2-6,8H2,1H3,(H,14,15,16). The number of aryl methyl sites for hydroxylation is 1. The summed E-state index contributed by atoms with van der Waals surface area (Å²) in [5.41, 5.74) is 0. The molecule has 5 nitrogen and oxygen atoms in total. The predicted molar refractivity (Wildman–Crippen MR) is 79.0 cm³/mol. The van der Waals surface area contributed by atoms with E-state index in [1.165, 1.54) is 0 Å². The lowest BCUT2D eigenvalue weighted by Crippen LogP contribution is -2.35. The molecule has 0 saturated carbocycles. The summed E-state index contributed by atoms with van der Waals surface area (Å²) in [5.74, 6) is 1.97. The second kappa shape index (κ2) is 6.17. The Hall–Kier alpha value is -0.690. The van der Waals surface area contributed by atoms with Crippen molar-refractivity contribution in [2.75, 3.05) is 16.8 Å². The Balaban J connectivity index is 2.10. The van der Waals surface area contributed by atoms with Crippen LogP contribution in [0.2, 0.25) is 0 Å². The second-order valence-corrected chi connectivity index (χ2v) is 7.88. The number of hydrogen-bond donors (Lipinski definition) is 1. The van der Waals surface area contributed by atoms with Gasteiger partial charge in [0.05, 0.1) is 11.5 Å². The van der Waals surface area contributed by atoms with Crippen LogP contribution in [-0.2, 0) is 16.3 Å². The highest BCUT2D eigenvalue weighted by molar-refractivity contribution is 9.10. The van der Waals surface area contributed by atoms with Crippen LogP contribution in [0.4, 0.5) is 5.82 Å². The van der Waals surface area contributed by atoms with E-state index in [1.807, 2.05) is 0 Å². The first-order valence-electron chi connectivity index (χ1n) is 6.49. The number of nitrogens with one attached hydrogen (secondary N) is 1. The van der Waals surface area contributed by atoms with Gasteiger partial charge in [0.1, 0.15) is 16.2 Å². The minimum atomic E-state index is -2.90. The number of sulfone groups is 1. The highest BCUT2D eigenvalue weighted by Gasteiger charge is 2.24. The molecule has 0 amide bonds. The van der Waals surface area contributed by atoms with Crippen molar-refractivity contribution in [3.05, 3.63) is 16.5 Å². The highest BCUT2D eigenvalue weighted by Crippen LogP contribution is 2.19. The first-order chi connectivity index (χ1) is 8.98. The third-order valence-corrected chi connectivity index (χ3v) is 5.26. The lowest BCUT2D eigenvalue weighted by atomic mass is 10.2. The maximum absolute atomic E-state index is 11.6. The van der Waals surface area contributed by atoms with Gasteiger partial charge in [-0.1, -0.05) is 6.92 Å². The van der Waals surface area contributed by atoms with Crippen LogP contribution in [0.25, 0.3) is 0 Å². The Morgan fingerprint density at radius 1 is 1.47 bits per heavy atom. The monoisotopic (exact) mass is 347 g/mol. The van der Waals surface area contributed by atoms with Crippen LogP contribution in [-0.4, -0.2) is 35.9 Å². The van der Waals surface area contributed by atoms with Gasteiger partial charge >= 0.3 is 0 Å². The number of anilines is 1. The van der Waals surface area contributed by atoms with Gasteiger partial charge in [-0.05, 0) is 35.2 Å². The number of rotatable bonds is 4. The van der Waals surface area contributed by atoms with Gasteiger partial charge in [-0.15, -0.1) is 0 Å². The van der Waals surface area contributed by atoms with Crippen molar-refractivity contribution in [3.63, 3.8) is 0 Å². The first kappa shape index (κ1) is 14.7. The molecule has 0 spiro atoms. The SMILES string of the molecule is CCCc1nc(Br)cc(NC2CCCS(=O)(=O)C2)n1. The summed E-state index contributed by atoms with van der Waals surface area (Å²) in [7, 11) is -2.90. The van der Waals surface area contributed by atoms with Gasteiger partial charge in [-0.2, -0.15) is 0 Å². The molecule has 1 fully saturated rings. The van der Waals surface area contributed by atoms with Crippen molar-refractivity contribution in [1.82, 2.24) is 9.97 Å². The first-order valence-corrected chi connectivity index (χ1v) is 9.10. The molecule has 1 aliphatic heterocycles. The van der Waals surface area contributed by atoms with Gasteiger partial charge < -0.3 is 5.32 Å². The van der Waals surface area contributed by atoms with Crippen LogP contribution in [0, 0.1) is 0 Å². The molecule has 7 heteroatoms. The van der Waals surface area contributed by atoms with E-state index in [4.69, 9.17) is 0 Å². The normalized spacial score (nSPS) is 22.1. The van der Waals surface area contributed by atoms with E-state index in [0.717, 1.165) is 29.7 Å². The van der Waals surface area contributed by atoms with E-state index in [-0.39, 0.29) is 11.8 Å². The molecule has 0 bridgehead atoms. The van der Waals surface area contributed by atoms with E-state index in [1.54, 1.807) is 6.07 Å². The Labute approximate surface area is 122 Å². The van der Waals surface area contributed by atoms with E-state index in [9.17, 15) is 8.42 Å². The average molecular weight is 348 g/mol. The third-order valence-electron chi connectivity index (χ3n) is 3.03. The van der Waals surface area contributed by atoms with Crippen molar-refractivity contribution in [3.8, 4) is 0 Å². The fourth-order valence-corrected chi connectivity index (χ4v) is 4.28. The number of hydrogen-bond acceptors (Lipinski definition) is 5. The third kappa shape index (κ3) is 4.42. The average Bonchev–Trinajstić information content (AvgIpc) is 2.26. The van der Waals surface area contributed by atoms with E-state index >= 15 is 0 Å². The topological polar surface area (TPSA) is 72.0 Å². The Morgan fingerprint density at radius 3 is 2.95 bits per heavy atom. The van der Waals surface area contributed by atoms with E-state index in [0.29, 0.717) is 18.0 Å². The zero-order valence-corrected chi connectivity index (χ0v) is 13.3. The summed E-state index contributed by atoms with van der Waals surface area (Å²) in [5, 5.41) is 3.22. The summed E-state index contributed by atoms with van der Waals surface area (Å²) in [4.78, 5) is 8.71. The van der Waals surface area contributed by atoms with Gasteiger partial charge in [-0.3, -0.25) is 0 Å². The lowest BCUT2D eigenvalue weighted by Gasteiger charge is -2.23. The molecule has 19 heavy (non-hydrogen) atoms. The molecule has 106 valence electrons. The van der Waals surface area contributed by atoms with Crippen molar-refractivity contribution in [2.24, 2.45) is 0 Å². The minimum absolute atomic E-state index is 0.0463. The van der Waals surface area contributed by atoms with Crippen LogP contribution in [0.3, 0.4) is 0 Å². The summed E-state index contributed by atoms with van der Waals surface area (Å²) in [6.45, 7) is 2.07. The molecular weight excluding hydrogens is 330 g/mol. The molecule has 0 radical (unpaired) electrons. The van der Waals surface area contributed by atoms with Crippen molar-refractivity contribution >= 4 is 31.6 Å². The molecule has 1 aliphatic rings. The largest absolute Gasteiger partial charge is 0.366 e. The molecule has 0 aliphatic carbocycles. The van der Waals surface area contributed by atoms with E-state index < -0.39 is 9.84 Å². The highest BCUT2D eigenvalue weighted by atomic mass is 79.9. The maximum atomic E-state index is 11.6. The fourth-order valence-electron chi connectivity index (χ4n) is 2.22. The van der Waals surface area contributed by atoms with Crippen LogP contribution in [0.5, 0.6) is 0 Å². The molecule has 1 aromatic rings. The summed E-state index contributed by atoms with van der Waals surface area (Å²) in [6, 6.07) is 1.75. The smallest absolute Gasteiger partial charge is 0.152 e. The Kier molecular flexibility index (Phi) is 4.78. The van der Waals surface area contributed by atoms with Crippen LogP contribution < -0.4 is 5.32 Å². The second-order valence-electron chi connectivity index (χ2n) is 4.84. The molecule has 1 aromatic heterocycles. The fraction of sp³-hybridized carbons (Fsp3) is 0.667. The van der Waals surface area contributed by atoms with Crippen molar-refractivity contribution < 1.29 is 8.42 Å². The van der Waals surface area contributed by atoms with Gasteiger partial charge in [-0.25, -0.2) is 18.4 Å². The predicted octanol–water partition coefficient (Wildman–Crippen LogP) is 2.18. The molecule has 2 rings (SSSR count). The van der Waals surface area contributed by atoms with Crippen molar-refractivity contribution in [2.45, 2.75) is 38.6 Å². The van der Waals surface area contributed by atoms with E-state index in [2.05, 4.69) is 38.1 Å². The molecule has 1 saturated heterocycles. The molecule has 2 heterocycles. The Morgan fingerprint density at radius 2 is 2.26 bits per heavy atom. The van der Waals surface area contributed by atoms with Crippen LogP contribution in [0.1, 0.15) is 32.0 Å². The quantitative estimate of drug-likeness (QED) is 0.845. The minimum Gasteiger partial charge on any atom is -0.366 e. The summed E-state index contributed by atoms with van der Waals surface area (Å²) in [6.07, 6.45) is 3.38. The van der Waals surface area contributed by atoms with Crippen molar-refractivity contribution in [1.29, 1.82) is 0 Å². The molecule has 1 atom stereocenters. The summed E-state index contributed by atoms with van der Waals surface area (Å²) < 4.78 is 23.9. The maximum Gasteiger partial charge on any atom is 0.152 e. The zero-order chi connectivity index (χ0) is 13.9. The van der Waals surface area contributed by atoms with Gasteiger partial charge in [0, 0.05) is 18.5 Å². The Bertz CT molecular complexity index is 548.